The van der Waals surface area contributed by atoms with E-state index in [9.17, 15) is 14.0 Å². The van der Waals surface area contributed by atoms with Gasteiger partial charge in [0.05, 0.1) is 10.8 Å². The van der Waals surface area contributed by atoms with Crippen LogP contribution >= 0.6 is 23.1 Å². The second-order valence-corrected chi connectivity index (χ2v) is 5.89. The van der Waals surface area contributed by atoms with Gasteiger partial charge in [-0.25, -0.2) is 9.18 Å². The molecule has 1 amide bonds. The van der Waals surface area contributed by atoms with E-state index in [4.69, 9.17) is 5.11 Å². The van der Waals surface area contributed by atoms with Crippen LogP contribution in [0.3, 0.4) is 0 Å². The number of thioether (sulfide) groups is 1. The number of thiophene rings is 1. The molecule has 0 saturated carbocycles. The average molecular weight is 311 g/mol. The van der Waals surface area contributed by atoms with Crippen molar-refractivity contribution in [2.24, 2.45) is 0 Å². The molecule has 0 atom stereocenters. The van der Waals surface area contributed by atoms with Crippen molar-refractivity contribution in [1.82, 2.24) is 0 Å². The van der Waals surface area contributed by atoms with Gasteiger partial charge in [-0.1, -0.05) is 0 Å². The molecule has 0 aliphatic carbocycles. The maximum atomic E-state index is 12.7. The molecule has 2 N–H and O–H groups in total. The zero-order valence-corrected chi connectivity index (χ0v) is 11.8. The Bertz CT molecular complexity index is 625. The summed E-state index contributed by atoms with van der Waals surface area (Å²) in [6.07, 6.45) is 0. The molecule has 0 spiro atoms. The topological polar surface area (TPSA) is 66.4 Å². The predicted octanol–water partition coefficient (Wildman–Crippen LogP) is 3.32. The summed E-state index contributed by atoms with van der Waals surface area (Å²) in [4.78, 5) is 23.3. The van der Waals surface area contributed by atoms with E-state index in [0.717, 1.165) is 16.2 Å². The molecule has 7 heteroatoms. The predicted molar refractivity (Wildman–Crippen MR) is 77.0 cm³/mol. The van der Waals surface area contributed by atoms with Gasteiger partial charge in [0.2, 0.25) is 5.91 Å². The SMILES string of the molecule is O=C(CSc1ccc(F)cc1)Nc1ccc(C(=O)O)s1. The first-order valence-electron chi connectivity index (χ1n) is 5.56. The minimum absolute atomic E-state index is 0.173. The summed E-state index contributed by atoms with van der Waals surface area (Å²) in [5, 5.41) is 11.9. The standard InChI is InChI=1S/C13H10FNO3S2/c14-8-1-3-9(4-2-8)19-7-11(16)15-12-6-5-10(20-12)13(17)18/h1-6H,7H2,(H,15,16)(H,17,18). The Balaban J connectivity index is 1.85. The fourth-order valence-corrected chi connectivity index (χ4v) is 2.83. The Morgan fingerprint density at radius 2 is 1.90 bits per heavy atom. The summed E-state index contributed by atoms with van der Waals surface area (Å²) >= 11 is 2.28. The molecule has 0 unspecified atom stereocenters. The summed E-state index contributed by atoms with van der Waals surface area (Å²) in [5.41, 5.74) is 0. The number of carboxylic acids is 1. The number of benzene rings is 1. The highest BCUT2D eigenvalue weighted by molar-refractivity contribution is 8.00. The lowest BCUT2D eigenvalue weighted by Gasteiger charge is -2.02. The molecule has 2 rings (SSSR count). The lowest BCUT2D eigenvalue weighted by Crippen LogP contribution is -2.12. The van der Waals surface area contributed by atoms with Crippen LogP contribution in [-0.2, 0) is 4.79 Å². The Hall–Kier alpha value is -1.86. The molecule has 2 aromatic rings. The van der Waals surface area contributed by atoms with Gasteiger partial charge in [-0.2, -0.15) is 0 Å². The third-order valence-corrected chi connectivity index (χ3v) is 4.26. The summed E-state index contributed by atoms with van der Waals surface area (Å²) in [6.45, 7) is 0. The highest BCUT2D eigenvalue weighted by atomic mass is 32.2. The summed E-state index contributed by atoms with van der Waals surface area (Å²) in [5.74, 6) is -1.40. The van der Waals surface area contributed by atoms with E-state index in [1.807, 2.05) is 0 Å². The van der Waals surface area contributed by atoms with Crippen LogP contribution in [-0.4, -0.2) is 22.7 Å². The van der Waals surface area contributed by atoms with Crippen LogP contribution in [0.5, 0.6) is 0 Å². The summed E-state index contributed by atoms with van der Waals surface area (Å²) in [6, 6.07) is 8.85. The molecule has 4 nitrogen and oxygen atoms in total. The Kier molecular flexibility index (Phi) is 4.75. The molecule has 20 heavy (non-hydrogen) atoms. The number of halogens is 1. The van der Waals surface area contributed by atoms with Gasteiger partial charge in [0, 0.05) is 4.90 Å². The number of anilines is 1. The molecule has 0 aliphatic heterocycles. The zero-order chi connectivity index (χ0) is 14.5. The number of rotatable bonds is 5. The molecule has 1 aromatic heterocycles. The minimum Gasteiger partial charge on any atom is -0.477 e. The fraction of sp³-hybridized carbons (Fsp3) is 0.0769. The van der Waals surface area contributed by atoms with Crippen molar-refractivity contribution < 1.29 is 19.1 Å². The first-order valence-corrected chi connectivity index (χ1v) is 7.36. The molecule has 0 radical (unpaired) electrons. The van der Waals surface area contributed by atoms with Crippen molar-refractivity contribution in [2.45, 2.75) is 4.90 Å². The van der Waals surface area contributed by atoms with Crippen molar-refractivity contribution in [3.63, 3.8) is 0 Å². The van der Waals surface area contributed by atoms with Crippen LogP contribution in [0.1, 0.15) is 9.67 Å². The minimum atomic E-state index is -1.02. The Morgan fingerprint density at radius 3 is 2.50 bits per heavy atom. The number of amides is 1. The molecule has 1 heterocycles. The van der Waals surface area contributed by atoms with Crippen LogP contribution in [0, 0.1) is 5.82 Å². The number of carbonyl (C=O) groups is 2. The van der Waals surface area contributed by atoms with Crippen LogP contribution in [0.2, 0.25) is 0 Å². The van der Waals surface area contributed by atoms with Crippen LogP contribution in [0.4, 0.5) is 9.39 Å². The molecular formula is C13H10FNO3S2. The Labute approximate surface area is 122 Å². The van der Waals surface area contributed by atoms with Gasteiger partial charge >= 0.3 is 5.97 Å². The van der Waals surface area contributed by atoms with Crippen molar-refractivity contribution in [2.75, 3.05) is 11.1 Å². The van der Waals surface area contributed by atoms with Crippen LogP contribution in [0.25, 0.3) is 0 Å². The fourth-order valence-electron chi connectivity index (χ4n) is 1.37. The number of hydrogen-bond acceptors (Lipinski definition) is 4. The average Bonchev–Trinajstić information content (AvgIpc) is 2.87. The van der Waals surface area contributed by atoms with E-state index < -0.39 is 5.97 Å². The van der Waals surface area contributed by atoms with E-state index in [-0.39, 0.29) is 22.4 Å². The first kappa shape index (κ1) is 14.5. The molecule has 104 valence electrons. The molecule has 0 saturated heterocycles. The second kappa shape index (κ2) is 6.53. The van der Waals surface area contributed by atoms with Crippen molar-refractivity contribution in [1.29, 1.82) is 0 Å². The zero-order valence-electron chi connectivity index (χ0n) is 10.1. The van der Waals surface area contributed by atoms with Gasteiger partial charge < -0.3 is 10.4 Å². The molecule has 1 aromatic carbocycles. The van der Waals surface area contributed by atoms with Crippen LogP contribution in [0.15, 0.2) is 41.3 Å². The number of carbonyl (C=O) groups excluding carboxylic acids is 1. The third kappa shape index (κ3) is 4.07. The lowest BCUT2D eigenvalue weighted by molar-refractivity contribution is -0.113. The smallest absolute Gasteiger partial charge is 0.345 e. The Morgan fingerprint density at radius 1 is 1.20 bits per heavy atom. The molecule has 0 bridgehead atoms. The van der Waals surface area contributed by atoms with E-state index >= 15 is 0 Å². The number of aromatic carboxylic acids is 1. The van der Waals surface area contributed by atoms with E-state index in [1.165, 1.54) is 30.0 Å². The lowest BCUT2D eigenvalue weighted by atomic mass is 10.4. The van der Waals surface area contributed by atoms with E-state index in [0.29, 0.717) is 5.00 Å². The first-order chi connectivity index (χ1) is 9.54. The number of carboxylic acid groups (broad SMARTS) is 1. The molecule has 0 fully saturated rings. The van der Waals surface area contributed by atoms with Gasteiger partial charge in [-0.05, 0) is 36.4 Å². The van der Waals surface area contributed by atoms with Gasteiger partial charge in [-0.15, -0.1) is 23.1 Å². The maximum Gasteiger partial charge on any atom is 0.345 e. The maximum absolute atomic E-state index is 12.7. The number of hydrogen-bond donors (Lipinski definition) is 2. The molecule has 0 aliphatic rings. The number of nitrogens with one attached hydrogen (secondary N) is 1. The van der Waals surface area contributed by atoms with Crippen molar-refractivity contribution in [3.05, 3.63) is 47.1 Å². The van der Waals surface area contributed by atoms with Crippen LogP contribution < -0.4 is 5.32 Å². The quantitative estimate of drug-likeness (QED) is 0.831. The van der Waals surface area contributed by atoms with Gasteiger partial charge in [-0.3, -0.25) is 4.79 Å². The van der Waals surface area contributed by atoms with Crippen molar-refractivity contribution >= 4 is 40.0 Å². The van der Waals surface area contributed by atoms with Crippen molar-refractivity contribution in [3.8, 4) is 0 Å². The molecular weight excluding hydrogens is 301 g/mol. The summed E-state index contributed by atoms with van der Waals surface area (Å²) in [7, 11) is 0. The summed E-state index contributed by atoms with van der Waals surface area (Å²) < 4.78 is 12.7. The van der Waals surface area contributed by atoms with Gasteiger partial charge in [0.1, 0.15) is 10.7 Å². The highest BCUT2D eigenvalue weighted by Gasteiger charge is 2.09. The van der Waals surface area contributed by atoms with Gasteiger partial charge in [0.15, 0.2) is 0 Å². The second-order valence-electron chi connectivity index (χ2n) is 3.76. The highest BCUT2D eigenvalue weighted by Crippen LogP contribution is 2.23. The largest absolute Gasteiger partial charge is 0.477 e. The normalized spacial score (nSPS) is 10.2. The van der Waals surface area contributed by atoms with E-state index in [1.54, 1.807) is 18.2 Å². The third-order valence-electron chi connectivity index (χ3n) is 2.26. The van der Waals surface area contributed by atoms with Gasteiger partial charge in [0.25, 0.3) is 0 Å². The monoisotopic (exact) mass is 311 g/mol. The van der Waals surface area contributed by atoms with E-state index in [2.05, 4.69) is 5.32 Å².